The van der Waals surface area contributed by atoms with Crippen LogP contribution >= 0.6 is 23.1 Å². The number of hydrogen-bond donors (Lipinski definition) is 2. The number of nitrogens with one attached hydrogen (secondary N) is 1. The van der Waals surface area contributed by atoms with Gasteiger partial charge in [0, 0.05) is 22.9 Å². The van der Waals surface area contributed by atoms with Crippen LogP contribution in [0.1, 0.15) is 17.3 Å². The smallest absolute Gasteiger partial charge is 0.406 e. The lowest BCUT2D eigenvalue weighted by Gasteiger charge is -2.08. The van der Waals surface area contributed by atoms with E-state index in [4.69, 9.17) is 5.73 Å². The molecule has 3 aromatic rings. The molecule has 0 fully saturated rings. The van der Waals surface area contributed by atoms with Gasteiger partial charge in [-0.05, 0) is 42.0 Å². The van der Waals surface area contributed by atoms with Crippen LogP contribution in [0.3, 0.4) is 0 Å². The summed E-state index contributed by atoms with van der Waals surface area (Å²) in [5.41, 5.74) is 6.99. The van der Waals surface area contributed by atoms with Crippen molar-refractivity contribution in [1.29, 1.82) is 0 Å². The molecular formula is C20H15F3N2O3S2. The molecule has 2 amide bonds. The third kappa shape index (κ3) is 5.55. The molecule has 3 rings (SSSR count). The van der Waals surface area contributed by atoms with Gasteiger partial charge in [-0.3, -0.25) is 9.59 Å². The van der Waals surface area contributed by atoms with Crippen molar-refractivity contribution in [1.82, 2.24) is 0 Å². The van der Waals surface area contributed by atoms with E-state index in [2.05, 4.69) is 10.1 Å². The molecule has 0 radical (unpaired) electrons. The predicted molar refractivity (Wildman–Crippen MR) is 110 cm³/mol. The van der Waals surface area contributed by atoms with Crippen LogP contribution in [0.15, 0.2) is 63.7 Å². The Kier molecular flexibility index (Phi) is 6.37. The van der Waals surface area contributed by atoms with Gasteiger partial charge in [0.25, 0.3) is 0 Å². The van der Waals surface area contributed by atoms with E-state index in [0.29, 0.717) is 26.6 Å². The number of amides is 2. The van der Waals surface area contributed by atoms with Crippen LogP contribution in [0, 0.1) is 0 Å². The predicted octanol–water partition coefficient (Wildman–Crippen LogP) is 5.52. The van der Waals surface area contributed by atoms with Crippen LogP contribution in [-0.2, 0) is 4.79 Å². The zero-order valence-corrected chi connectivity index (χ0v) is 17.1. The average molecular weight is 452 g/mol. The van der Waals surface area contributed by atoms with Gasteiger partial charge in [0.1, 0.15) is 10.8 Å². The Morgan fingerprint density at radius 1 is 1.07 bits per heavy atom. The van der Waals surface area contributed by atoms with Crippen LogP contribution in [0.2, 0.25) is 0 Å². The van der Waals surface area contributed by atoms with Gasteiger partial charge in [-0.1, -0.05) is 30.0 Å². The van der Waals surface area contributed by atoms with Crippen molar-refractivity contribution in [3.8, 4) is 16.9 Å². The van der Waals surface area contributed by atoms with E-state index in [1.807, 2.05) is 0 Å². The molecule has 0 aliphatic carbocycles. The fourth-order valence-corrected chi connectivity index (χ4v) is 4.87. The number of anilines is 1. The summed E-state index contributed by atoms with van der Waals surface area (Å²) >= 11 is 2.58. The molecule has 0 atom stereocenters. The molecule has 5 nitrogen and oxygen atoms in total. The third-order valence-corrected chi connectivity index (χ3v) is 5.93. The average Bonchev–Trinajstić information content (AvgIpc) is 3.03. The largest absolute Gasteiger partial charge is 0.573 e. The second kappa shape index (κ2) is 8.80. The Labute approximate surface area is 178 Å². The normalized spacial score (nSPS) is 11.2. The van der Waals surface area contributed by atoms with Crippen molar-refractivity contribution in [2.45, 2.75) is 22.4 Å². The molecule has 2 aromatic carbocycles. The van der Waals surface area contributed by atoms with E-state index in [-0.39, 0.29) is 11.7 Å². The number of ether oxygens (including phenoxy) is 1. The minimum atomic E-state index is -4.75. The maximum Gasteiger partial charge on any atom is 0.573 e. The Hall–Kier alpha value is -2.98. The maximum absolute atomic E-state index is 12.3. The molecule has 10 heteroatoms. The number of hydrogen-bond acceptors (Lipinski definition) is 5. The number of carbonyl (C=O) groups is 2. The number of rotatable bonds is 6. The minimum absolute atomic E-state index is 0.278. The molecule has 30 heavy (non-hydrogen) atoms. The standard InChI is InChI=1S/C20H15F3N2O3S2/c1-11(26)25-19-16(14-4-2-3-5-15(14)18(24)27)10-17(30-19)29-13-8-6-12(7-9-13)28-20(21,22)23/h2-10H,1H3,(H2,24,27)(H,25,26). The fraction of sp³-hybridized carbons (Fsp3) is 0.100. The van der Waals surface area contributed by atoms with Crippen molar-refractivity contribution in [3.05, 3.63) is 60.2 Å². The summed E-state index contributed by atoms with van der Waals surface area (Å²) in [6, 6.07) is 14.0. The molecule has 1 heterocycles. The topological polar surface area (TPSA) is 81.4 Å². The van der Waals surface area contributed by atoms with E-state index < -0.39 is 12.3 Å². The third-order valence-electron chi connectivity index (χ3n) is 3.76. The zero-order valence-electron chi connectivity index (χ0n) is 15.4. The highest BCUT2D eigenvalue weighted by molar-refractivity contribution is 8.01. The van der Waals surface area contributed by atoms with Gasteiger partial charge in [0.15, 0.2) is 0 Å². The van der Waals surface area contributed by atoms with Crippen LogP contribution in [-0.4, -0.2) is 18.2 Å². The molecule has 0 aliphatic heterocycles. The van der Waals surface area contributed by atoms with Gasteiger partial charge in [0.05, 0.1) is 4.21 Å². The summed E-state index contributed by atoms with van der Waals surface area (Å²) in [5.74, 6) is -1.19. The first-order valence-electron chi connectivity index (χ1n) is 8.46. The Bertz CT molecular complexity index is 1080. The number of nitrogens with two attached hydrogens (primary N) is 1. The molecule has 3 N–H and O–H groups in total. The van der Waals surface area contributed by atoms with Crippen LogP contribution in [0.4, 0.5) is 18.2 Å². The number of primary amides is 1. The first-order chi connectivity index (χ1) is 14.1. The molecular weight excluding hydrogens is 437 g/mol. The quantitative estimate of drug-likeness (QED) is 0.516. The molecule has 0 unspecified atom stereocenters. The summed E-state index contributed by atoms with van der Waals surface area (Å²) < 4.78 is 41.5. The Morgan fingerprint density at radius 3 is 2.33 bits per heavy atom. The summed E-state index contributed by atoms with van der Waals surface area (Å²) in [4.78, 5) is 24.1. The molecule has 156 valence electrons. The van der Waals surface area contributed by atoms with Gasteiger partial charge < -0.3 is 15.8 Å². The lowest BCUT2D eigenvalue weighted by atomic mass is 10.0. The second-order valence-corrected chi connectivity index (χ2v) is 8.45. The number of carbonyl (C=O) groups excluding carboxylic acids is 2. The number of benzene rings is 2. The summed E-state index contributed by atoms with van der Waals surface area (Å²) in [6.45, 7) is 1.37. The van der Waals surface area contributed by atoms with Crippen molar-refractivity contribution in [3.63, 3.8) is 0 Å². The van der Waals surface area contributed by atoms with Gasteiger partial charge in [0.2, 0.25) is 11.8 Å². The van der Waals surface area contributed by atoms with E-state index in [9.17, 15) is 22.8 Å². The number of alkyl halides is 3. The van der Waals surface area contributed by atoms with Crippen molar-refractivity contribution in [2.24, 2.45) is 5.73 Å². The van der Waals surface area contributed by atoms with Crippen LogP contribution < -0.4 is 15.8 Å². The van der Waals surface area contributed by atoms with E-state index >= 15 is 0 Å². The van der Waals surface area contributed by atoms with Crippen molar-refractivity contribution in [2.75, 3.05) is 5.32 Å². The Morgan fingerprint density at radius 2 is 1.73 bits per heavy atom. The van der Waals surface area contributed by atoms with Gasteiger partial charge in [-0.25, -0.2) is 0 Å². The first kappa shape index (κ1) is 21.7. The van der Waals surface area contributed by atoms with Crippen molar-refractivity contribution >= 4 is 39.9 Å². The SMILES string of the molecule is CC(=O)Nc1sc(Sc2ccc(OC(F)(F)F)cc2)cc1-c1ccccc1C(N)=O. The van der Waals surface area contributed by atoms with Gasteiger partial charge in [-0.2, -0.15) is 0 Å². The number of halogens is 3. The van der Waals surface area contributed by atoms with E-state index in [1.54, 1.807) is 30.3 Å². The minimum Gasteiger partial charge on any atom is -0.406 e. The molecule has 1 aromatic heterocycles. The molecule has 0 saturated heterocycles. The molecule has 0 aliphatic rings. The summed E-state index contributed by atoms with van der Waals surface area (Å²) in [5, 5.41) is 3.29. The van der Waals surface area contributed by atoms with E-state index in [0.717, 1.165) is 4.21 Å². The Balaban J connectivity index is 1.92. The maximum atomic E-state index is 12.3. The lowest BCUT2D eigenvalue weighted by Crippen LogP contribution is -2.16. The highest BCUT2D eigenvalue weighted by Crippen LogP contribution is 2.44. The summed E-state index contributed by atoms with van der Waals surface area (Å²) in [7, 11) is 0. The van der Waals surface area contributed by atoms with Crippen molar-refractivity contribution < 1.29 is 27.5 Å². The first-order valence-corrected chi connectivity index (χ1v) is 10.1. The fourth-order valence-electron chi connectivity index (χ4n) is 2.63. The lowest BCUT2D eigenvalue weighted by molar-refractivity contribution is -0.274. The van der Waals surface area contributed by atoms with Crippen LogP contribution in [0.5, 0.6) is 5.75 Å². The molecule has 0 spiro atoms. The zero-order chi connectivity index (χ0) is 21.9. The molecule has 0 bridgehead atoms. The van der Waals surface area contributed by atoms with Gasteiger partial charge >= 0.3 is 6.36 Å². The highest BCUT2D eigenvalue weighted by atomic mass is 32.2. The van der Waals surface area contributed by atoms with Gasteiger partial charge in [-0.15, -0.1) is 24.5 Å². The summed E-state index contributed by atoms with van der Waals surface area (Å²) in [6.07, 6.45) is -4.75. The highest BCUT2D eigenvalue weighted by Gasteiger charge is 2.31. The second-order valence-electron chi connectivity index (χ2n) is 6.02. The van der Waals surface area contributed by atoms with Crippen LogP contribution in [0.25, 0.3) is 11.1 Å². The molecule has 0 saturated carbocycles. The number of thiophene rings is 1. The van der Waals surface area contributed by atoms with E-state index in [1.165, 1.54) is 54.3 Å². The monoisotopic (exact) mass is 452 g/mol.